The summed E-state index contributed by atoms with van der Waals surface area (Å²) < 4.78 is 10.9. The lowest BCUT2D eigenvalue weighted by molar-refractivity contribution is -0.123. The highest BCUT2D eigenvalue weighted by atomic mass is 35.5. The van der Waals surface area contributed by atoms with Crippen LogP contribution in [0.5, 0.6) is 0 Å². The number of morpholine rings is 1. The third-order valence-corrected chi connectivity index (χ3v) is 4.51. The standard InChI is InChI=1S/C17H17Cl2N3O3/c18-14-3-1-2-13(17(14)19)15-5-4-12(25-15)10-20-21-16(23)11-22-6-8-24-9-7-22/h1-5,10H,6-9,11H2,(H,21,23)/b20-10+. The van der Waals surface area contributed by atoms with Crippen molar-refractivity contribution < 1.29 is 13.9 Å². The number of nitrogens with one attached hydrogen (secondary N) is 1. The Morgan fingerprint density at radius 2 is 2.04 bits per heavy atom. The van der Waals surface area contributed by atoms with Crippen molar-refractivity contribution in [2.24, 2.45) is 5.10 Å². The predicted molar refractivity (Wildman–Crippen MR) is 97.2 cm³/mol. The van der Waals surface area contributed by atoms with Crippen LogP contribution >= 0.6 is 23.2 Å². The lowest BCUT2D eigenvalue weighted by atomic mass is 10.2. The Morgan fingerprint density at radius 1 is 1.24 bits per heavy atom. The Morgan fingerprint density at radius 3 is 2.84 bits per heavy atom. The van der Waals surface area contributed by atoms with Crippen LogP contribution in [0.3, 0.4) is 0 Å². The number of amides is 1. The molecule has 132 valence electrons. The highest BCUT2D eigenvalue weighted by Crippen LogP contribution is 2.34. The number of furan rings is 1. The van der Waals surface area contributed by atoms with Crippen molar-refractivity contribution in [1.82, 2.24) is 10.3 Å². The van der Waals surface area contributed by atoms with E-state index < -0.39 is 0 Å². The molecule has 3 rings (SSSR count). The van der Waals surface area contributed by atoms with Crippen LogP contribution in [0, 0.1) is 0 Å². The average molecular weight is 382 g/mol. The number of carbonyl (C=O) groups is 1. The third kappa shape index (κ3) is 4.83. The van der Waals surface area contributed by atoms with E-state index in [9.17, 15) is 4.79 Å². The van der Waals surface area contributed by atoms with Crippen LogP contribution in [-0.4, -0.2) is 49.9 Å². The molecule has 1 saturated heterocycles. The molecule has 0 atom stereocenters. The van der Waals surface area contributed by atoms with E-state index in [-0.39, 0.29) is 5.91 Å². The van der Waals surface area contributed by atoms with Crippen LogP contribution in [0.25, 0.3) is 11.3 Å². The van der Waals surface area contributed by atoms with Gasteiger partial charge in [-0.25, -0.2) is 5.43 Å². The number of benzene rings is 1. The van der Waals surface area contributed by atoms with Gasteiger partial charge in [0.1, 0.15) is 11.5 Å². The molecule has 1 aromatic heterocycles. The number of rotatable bonds is 5. The number of ether oxygens (including phenoxy) is 1. The molecule has 2 heterocycles. The molecule has 25 heavy (non-hydrogen) atoms. The van der Waals surface area contributed by atoms with E-state index in [2.05, 4.69) is 10.5 Å². The SMILES string of the molecule is O=C(CN1CCOCC1)N/N=C/c1ccc(-c2cccc(Cl)c2Cl)o1. The molecule has 8 heteroatoms. The predicted octanol–water partition coefficient (Wildman–Crippen LogP) is 3.04. The Balaban J connectivity index is 1.56. The first kappa shape index (κ1) is 17.9. The van der Waals surface area contributed by atoms with Crippen LogP contribution in [-0.2, 0) is 9.53 Å². The molecule has 0 unspecified atom stereocenters. The molecular formula is C17H17Cl2N3O3. The highest BCUT2D eigenvalue weighted by Gasteiger charge is 2.13. The fourth-order valence-electron chi connectivity index (χ4n) is 2.43. The van der Waals surface area contributed by atoms with E-state index in [0.717, 1.165) is 13.1 Å². The fraction of sp³-hybridized carbons (Fsp3) is 0.294. The highest BCUT2D eigenvalue weighted by molar-refractivity contribution is 6.43. The van der Waals surface area contributed by atoms with Crippen LogP contribution in [0.4, 0.5) is 0 Å². The maximum Gasteiger partial charge on any atom is 0.254 e. The van der Waals surface area contributed by atoms with E-state index in [1.54, 1.807) is 24.3 Å². The molecule has 0 aliphatic carbocycles. The molecule has 1 amide bonds. The van der Waals surface area contributed by atoms with E-state index >= 15 is 0 Å². The van der Waals surface area contributed by atoms with Crippen LogP contribution in [0.1, 0.15) is 5.76 Å². The zero-order valence-electron chi connectivity index (χ0n) is 13.4. The number of nitrogens with zero attached hydrogens (tertiary/aromatic N) is 2. The van der Waals surface area contributed by atoms with Crippen molar-refractivity contribution in [2.45, 2.75) is 0 Å². The lowest BCUT2D eigenvalue weighted by Crippen LogP contribution is -2.42. The van der Waals surface area contributed by atoms with Crippen molar-refractivity contribution in [3.05, 3.63) is 46.1 Å². The van der Waals surface area contributed by atoms with E-state index in [1.807, 2.05) is 11.0 Å². The quantitative estimate of drug-likeness (QED) is 0.638. The number of halogens is 2. The summed E-state index contributed by atoms with van der Waals surface area (Å²) in [4.78, 5) is 13.9. The number of hydrogen-bond donors (Lipinski definition) is 1. The number of carbonyl (C=O) groups excluding carboxylic acids is 1. The smallest absolute Gasteiger partial charge is 0.254 e. The Kier molecular flexibility index (Phi) is 6.09. The third-order valence-electron chi connectivity index (χ3n) is 3.70. The zero-order valence-corrected chi connectivity index (χ0v) is 14.9. The van der Waals surface area contributed by atoms with Crippen LogP contribution < -0.4 is 5.43 Å². The van der Waals surface area contributed by atoms with Gasteiger partial charge < -0.3 is 9.15 Å². The Labute approximate surface area is 155 Å². The van der Waals surface area contributed by atoms with E-state index in [1.165, 1.54) is 6.21 Å². The molecule has 1 N–H and O–H groups in total. The lowest BCUT2D eigenvalue weighted by Gasteiger charge is -2.25. The van der Waals surface area contributed by atoms with Gasteiger partial charge in [0.25, 0.3) is 5.91 Å². The number of hydrogen-bond acceptors (Lipinski definition) is 5. The first-order valence-corrected chi connectivity index (χ1v) is 8.55. The molecule has 1 fully saturated rings. The van der Waals surface area contributed by atoms with Gasteiger partial charge in [0.05, 0.1) is 36.0 Å². The minimum Gasteiger partial charge on any atom is -0.455 e. The molecule has 6 nitrogen and oxygen atoms in total. The molecule has 1 aliphatic rings. The maximum absolute atomic E-state index is 11.8. The normalized spacial score (nSPS) is 15.6. The molecule has 0 saturated carbocycles. The van der Waals surface area contributed by atoms with Gasteiger partial charge in [0.2, 0.25) is 0 Å². The largest absolute Gasteiger partial charge is 0.455 e. The number of hydrazone groups is 1. The molecule has 0 spiro atoms. The van der Waals surface area contributed by atoms with Gasteiger partial charge in [-0.05, 0) is 24.3 Å². The van der Waals surface area contributed by atoms with Gasteiger partial charge in [-0.3, -0.25) is 9.69 Å². The maximum atomic E-state index is 11.8. The first-order valence-electron chi connectivity index (χ1n) is 7.80. The molecule has 1 aliphatic heterocycles. The second kappa shape index (κ2) is 8.49. The minimum absolute atomic E-state index is 0.178. The van der Waals surface area contributed by atoms with Gasteiger partial charge in [0, 0.05) is 18.7 Å². The van der Waals surface area contributed by atoms with E-state index in [0.29, 0.717) is 46.9 Å². The van der Waals surface area contributed by atoms with Crippen LogP contribution in [0.15, 0.2) is 39.9 Å². The van der Waals surface area contributed by atoms with Crippen molar-refractivity contribution >= 4 is 35.3 Å². The van der Waals surface area contributed by atoms with Gasteiger partial charge in [0.15, 0.2) is 0 Å². The molecule has 2 aromatic rings. The van der Waals surface area contributed by atoms with Gasteiger partial charge >= 0.3 is 0 Å². The summed E-state index contributed by atoms with van der Waals surface area (Å²) in [5, 5.41) is 4.81. The van der Waals surface area contributed by atoms with Crippen molar-refractivity contribution in [1.29, 1.82) is 0 Å². The Hall–Kier alpha value is -1.86. The van der Waals surface area contributed by atoms with Crippen molar-refractivity contribution in [3.63, 3.8) is 0 Å². The molecule has 1 aromatic carbocycles. The summed E-state index contributed by atoms with van der Waals surface area (Å²) in [5.74, 6) is 0.897. The summed E-state index contributed by atoms with van der Waals surface area (Å²) in [7, 11) is 0. The first-order chi connectivity index (χ1) is 12.1. The van der Waals surface area contributed by atoms with Gasteiger partial charge in [-0.2, -0.15) is 5.10 Å². The second-order valence-electron chi connectivity index (χ2n) is 5.49. The van der Waals surface area contributed by atoms with Crippen molar-refractivity contribution in [2.75, 3.05) is 32.8 Å². The molecule has 0 bridgehead atoms. The summed E-state index contributed by atoms with van der Waals surface area (Å²) in [6, 6.07) is 8.84. The zero-order chi connectivity index (χ0) is 17.6. The van der Waals surface area contributed by atoms with Gasteiger partial charge in [-0.1, -0.05) is 29.3 Å². The topological polar surface area (TPSA) is 67.1 Å². The molecular weight excluding hydrogens is 365 g/mol. The summed E-state index contributed by atoms with van der Waals surface area (Å²) >= 11 is 12.2. The van der Waals surface area contributed by atoms with E-state index in [4.69, 9.17) is 32.4 Å². The summed E-state index contributed by atoms with van der Waals surface area (Å²) in [6.07, 6.45) is 1.44. The fourth-order valence-corrected chi connectivity index (χ4v) is 2.82. The minimum atomic E-state index is -0.178. The average Bonchev–Trinajstić information content (AvgIpc) is 3.07. The monoisotopic (exact) mass is 381 g/mol. The summed E-state index contributed by atoms with van der Waals surface area (Å²) in [6.45, 7) is 3.09. The molecule has 0 radical (unpaired) electrons. The van der Waals surface area contributed by atoms with Gasteiger partial charge in [-0.15, -0.1) is 0 Å². The van der Waals surface area contributed by atoms with Crippen LogP contribution in [0.2, 0.25) is 10.0 Å². The second-order valence-corrected chi connectivity index (χ2v) is 6.27. The Bertz CT molecular complexity index is 770. The van der Waals surface area contributed by atoms with Crippen molar-refractivity contribution in [3.8, 4) is 11.3 Å². The summed E-state index contributed by atoms with van der Waals surface area (Å²) in [5.41, 5.74) is 3.19.